The minimum absolute atomic E-state index is 0.319. The summed E-state index contributed by atoms with van der Waals surface area (Å²) in [6, 6.07) is 0. The van der Waals surface area contributed by atoms with Gasteiger partial charge in [0.2, 0.25) is 0 Å². The Labute approximate surface area is 57.3 Å². The van der Waals surface area contributed by atoms with Crippen molar-refractivity contribution >= 4 is 23.5 Å². The van der Waals surface area contributed by atoms with Gasteiger partial charge in [-0.05, 0) is 12.3 Å². The number of thioether (sulfide) groups is 2. The quantitative estimate of drug-likeness (QED) is 0.556. The fourth-order valence-corrected chi connectivity index (χ4v) is 3.41. The first-order chi connectivity index (χ1) is 3.79. The minimum atomic E-state index is 0.319. The second-order valence-electron chi connectivity index (χ2n) is 2.07. The van der Waals surface area contributed by atoms with Crippen LogP contribution in [-0.2, 0) is 0 Å². The monoisotopic (exact) mass is 145 g/mol. The smallest absolute Gasteiger partial charge is 0.115 e. The van der Waals surface area contributed by atoms with Crippen molar-refractivity contribution in [1.82, 2.24) is 5.32 Å². The van der Waals surface area contributed by atoms with Crippen LogP contribution in [-0.4, -0.2) is 9.58 Å². The highest BCUT2D eigenvalue weighted by molar-refractivity contribution is 8.21. The Bertz CT molecular complexity index is 137. The van der Waals surface area contributed by atoms with Gasteiger partial charge in [-0.25, -0.2) is 0 Å². The van der Waals surface area contributed by atoms with Gasteiger partial charge >= 0.3 is 0 Å². The maximum absolute atomic E-state index is 3.39. The van der Waals surface area contributed by atoms with Gasteiger partial charge in [0, 0.05) is 0 Å². The van der Waals surface area contributed by atoms with Crippen molar-refractivity contribution in [2.24, 2.45) is 0 Å². The Morgan fingerprint density at radius 2 is 2.50 bits per heavy atom. The van der Waals surface area contributed by atoms with E-state index in [1.54, 1.807) is 0 Å². The first-order valence-corrected chi connectivity index (χ1v) is 4.34. The lowest BCUT2D eigenvalue weighted by Crippen LogP contribution is -2.54. The van der Waals surface area contributed by atoms with Crippen molar-refractivity contribution in [2.45, 2.75) is 16.5 Å². The number of hydrogen-bond acceptors (Lipinski definition) is 3. The fourth-order valence-electron chi connectivity index (χ4n) is 0.896. The van der Waals surface area contributed by atoms with E-state index in [9.17, 15) is 0 Å². The van der Waals surface area contributed by atoms with Gasteiger partial charge in [-0.3, -0.25) is 5.32 Å². The molecule has 0 aromatic carbocycles. The molecule has 1 nitrogen and oxygen atoms in total. The molecule has 3 aliphatic rings. The minimum Gasteiger partial charge on any atom is -0.279 e. The van der Waals surface area contributed by atoms with Crippen LogP contribution in [0, 0.1) is 0 Å². The van der Waals surface area contributed by atoms with E-state index >= 15 is 0 Å². The summed E-state index contributed by atoms with van der Waals surface area (Å²) in [5, 5.41) is 6.19. The van der Waals surface area contributed by atoms with Gasteiger partial charge in [0.15, 0.2) is 0 Å². The van der Waals surface area contributed by atoms with Crippen molar-refractivity contribution in [1.29, 1.82) is 0 Å². The molecule has 3 heterocycles. The van der Waals surface area contributed by atoms with Gasteiger partial charge in [0.1, 0.15) is 4.20 Å². The lowest BCUT2D eigenvalue weighted by atomic mass is 10.5. The molecule has 2 atom stereocenters. The average Bonchev–Trinajstić information content (AvgIpc) is 1.63. The van der Waals surface area contributed by atoms with Crippen molar-refractivity contribution in [2.75, 3.05) is 0 Å². The van der Waals surface area contributed by atoms with Gasteiger partial charge in [0.25, 0.3) is 0 Å². The molecule has 3 rings (SSSR count). The third kappa shape index (κ3) is 0.616. The Morgan fingerprint density at radius 1 is 1.75 bits per heavy atom. The summed E-state index contributed by atoms with van der Waals surface area (Å²) in [6.07, 6.45) is 2.20. The first kappa shape index (κ1) is 5.21. The summed E-state index contributed by atoms with van der Waals surface area (Å²) in [7, 11) is 0. The Balaban J connectivity index is 2.22. The molecule has 3 heteroatoms. The number of fused-ring (bicyclic) bond motifs is 1. The van der Waals surface area contributed by atoms with Crippen LogP contribution in [0.5, 0.6) is 0 Å². The molecule has 8 heavy (non-hydrogen) atoms. The molecule has 0 aromatic heterocycles. The van der Waals surface area contributed by atoms with Crippen LogP contribution in [0.15, 0.2) is 11.5 Å². The van der Waals surface area contributed by atoms with E-state index in [1.165, 1.54) is 0 Å². The highest BCUT2D eigenvalue weighted by Gasteiger charge is 2.41. The zero-order valence-electron chi connectivity index (χ0n) is 4.55. The SMILES string of the molecule is CC12NC(C=CS1)S2. The summed E-state index contributed by atoms with van der Waals surface area (Å²) >= 11 is 3.84. The summed E-state index contributed by atoms with van der Waals surface area (Å²) in [6.45, 7) is 2.21. The van der Waals surface area contributed by atoms with E-state index in [0.29, 0.717) is 9.58 Å². The molecule has 2 unspecified atom stereocenters. The maximum atomic E-state index is 3.39. The molecule has 1 N–H and O–H groups in total. The van der Waals surface area contributed by atoms with Crippen LogP contribution < -0.4 is 5.32 Å². The van der Waals surface area contributed by atoms with E-state index in [-0.39, 0.29) is 0 Å². The summed E-state index contributed by atoms with van der Waals surface area (Å²) < 4.78 is 0.319. The predicted molar refractivity (Wildman–Crippen MR) is 39.7 cm³/mol. The van der Waals surface area contributed by atoms with Crippen molar-refractivity contribution in [3.63, 3.8) is 0 Å². The predicted octanol–water partition coefficient (Wildman–Crippen LogP) is 1.58. The van der Waals surface area contributed by atoms with E-state index < -0.39 is 0 Å². The molecule has 44 valence electrons. The Morgan fingerprint density at radius 3 is 2.75 bits per heavy atom. The Hall–Kier alpha value is 0.400. The topological polar surface area (TPSA) is 12.0 Å². The van der Waals surface area contributed by atoms with E-state index in [0.717, 1.165) is 0 Å². The molecule has 0 aliphatic carbocycles. The van der Waals surface area contributed by atoms with Crippen LogP contribution in [0.4, 0.5) is 0 Å². The van der Waals surface area contributed by atoms with Crippen LogP contribution in [0.1, 0.15) is 6.92 Å². The van der Waals surface area contributed by atoms with Crippen molar-refractivity contribution < 1.29 is 0 Å². The molecule has 3 aliphatic heterocycles. The van der Waals surface area contributed by atoms with Gasteiger partial charge in [-0.15, -0.1) is 23.5 Å². The van der Waals surface area contributed by atoms with Gasteiger partial charge in [-0.2, -0.15) is 0 Å². The van der Waals surface area contributed by atoms with E-state index in [1.807, 2.05) is 23.5 Å². The normalized spacial score (nSPS) is 50.9. The summed E-state index contributed by atoms with van der Waals surface area (Å²) in [5.74, 6) is 0. The average molecular weight is 145 g/mol. The van der Waals surface area contributed by atoms with Crippen molar-refractivity contribution in [3.8, 4) is 0 Å². The zero-order chi connectivity index (χ0) is 5.61. The van der Waals surface area contributed by atoms with Gasteiger partial charge in [-0.1, -0.05) is 6.08 Å². The van der Waals surface area contributed by atoms with Crippen LogP contribution in [0.2, 0.25) is 0 Å². The Kier molecular flexibility index (Phi) is 0.951. The van der Waals surface area contributed by atoms with E-state index in [4.69, 9.17) is 0 Å². The second-order valence-corrected chi connectivity index (χ2v) is 5.22. The molecular formula is C5H7NS2. The molecule has 0 spiro atoms. The standard InChI is InChI=1S/C5H7NS2/c1-5-6-4(8-5)2-3-7-5/h2-4,6H,1H3. The fraction of sp³-hybridized carbons (Fsp3) is 0.600. The molecule has 0 radical (unpaired) electrons. The first-order valence-electron chi connectivity index (χ1n) is 2.58. The molecule has 0 amide bonds. The molecule has 1 fully saturated rings. The molecule has 1 saturated heterocycles. The number of hydrogen-bond donors (Lipinski definition) is 1. The largest absolute Gasteiger partial charge is 0.279 e. The lowest BCUT2D eigenvalue weighted by Gasteiger charge is -2.46. The van der Waals surface area contributed by atoms with Crippen LogP contribution >= 0.6 is 23.5 Å². The molecule has 2 bridgehead atoms. The second kappa shape index (κ2) is 1.46. The third-order valence-corrected chi connectivity index (χ3v) is 3.84. The van der Waals surface area contributed by atoms with Gasteiger partial charge in [0.05, 0.1) is 5.37 Å². The van der Waals surface area contributed by atoms with Crippen LogP contribution in [0.25, 0.3) is 0 Å². The highest BCUT2D eigenvalue weighted by atomic mass is 32.2. The van der Waals surface area contributed by atoms with Crippen LogP contribution in [0.3, 0.4) is 0 Å². The molecular weight excluding hydrogens is 138 g/mol. The third-order valence-electron chi connectivity index (χ3n) is 1.30. The zero-order valence-corrected chi connectivity index (χ0v) is 6.18. The highest BCUT2D eigenvalue weighted by Crippen LogP contribution is 2.49. The molecule has 0 aromatic rings. The van der Waals surface area contributed by atoms with E-state index in [2.05, 4.69) is 23.7 Å². The maximum Gasteiger partial charge on any atom is 0.115 e. The summed E-state index contributed by atoms with van der Waals surface area (Å²) in [5.41, 5.74) is 0. The number of nitrogens with one attached hydrogen (secondary N) is 1. The van der Waals surface area contributed by atoms with Gasteiger partial charge < -0.3 is 0 Å². The number of rotatable bonds is 0. The molecule has 0 saturated carbocycles. The van der Waals surface area contributed by atoms with Crippen molar-refractivity contribution in [3.05, 3.63) is 11.5 Å². The lowest BCUT2D eigenvalue weighted by molar-refractivity contribution is 0.612. The summed E-state index contributed by atoms with van der Waals surface area (Å²) in [4.78, 5) is 0.